The number of pyridine rings is 1. The predicted octanol–water partition coefficient (Wildman–Crippen LogP) is 3.54. The third-order valence-corrected chi connectivity index (χ3v) is 5.41. The van der Waals surface area contributed by atoms with Crippen molar-refractivity contribution in [1.82, 2.24) is 29.1 Å². The standard InChI is InChI=1S/C19H21N7/c1-12-23-18-16(26(12)14-5-3-2-4-6-14)9-13(10-21-18)15-7-8-25-17(15)11-22-19(20)24-25/h7-11,14H,2-6H2,1H3,(H2,20,24). The number of aryl methyl sites for hydroxylation is 1. The maximum Gasteiger partial charge on any atom is 0.238 e. The molecule has 1 fully saturated rings. The van der Waals surface area contributed by atoms with Crippen LogP contribution in [0.2, 0.25) is 0 Å². The van der Waals surface area contributed by atoms with Gasteiger partial charge in [0.1, 0.15) is 5.82 Å². The molecule has 0 spiro atoms. The topological polar surface area (TPSA) is 86.9 Å². The van der Waals surface area contributed by atoms with Gasteiger partial charge in [-0.15, -0.1) is 5.10 Å². The van der Waals surface area contributed by atoms with Gasteiger partial charge in [-0.3, -0.25) is 0 Å². The summed E-state index contributed by atoms with van der Waals surface area (Å²) in [6, 6.07) is 4.75. The highest BCUT2D eigenvalue weighted by molar-refractivity contribution is 5.85. The fourth-order valence-corrected chi connectivity index (χ4v) is 4.20. The largest absolute Gasteiger partial charge is 0.367 e. The summed E-state index contributed by atoms with van der Waals surface area (Å²) in [5, 5.41) is 4.22. The number of hydrogen-bond acceptors (Lipinski definition) is 5. The van der Waals surface area contributed by atoms with E-state index in [1.54, 1.807) is 10.7 Å². The molecular formula is C19H21N7. The van der Waals surface area contributed by atoms with Crippen LogP contribution in [0.5, 0.6) is 0 Å². The SMILES string of the molecule is Cc1nc2ncc(-c3ccn4nc(N)ncc34)cc2n1C1CCCCC1. The molecule has 7 nitrogen and oxygen atoms in total. The van der Waals surface area contributed by atoms with Crippen molar-refractivity contribution in [2.45, 2.75) is 45.1 Å². The fraction of sp³-hybridized carbons (Fsp3) is 0.368. The van der Waals surface area contributed by atoms with Crippen molar-refractivity contribution in [3.8, 4) is 11.1 Å². The highest BCUT2D eigenvalue weighted by Gasteiger charge is 2.21. The third-order valence-electron chi connectivity index (χ3n) is 5.41. The number of nitrogens with zero attached hydrogens (tertiary/aromatic N) is 6. The lowest BCUT2D eigenvalue weighted by Crippen LogP contribution is -2.14. The van der Waals surface area contributed by atoms with Crippen molar-refractivity contribution in [1.29, 1.82) is 0 Å². The monoisotopic (exact) mass is 347 g/mol. The molecule has 0 unspecified atom stereocenters. The second-order valence-electron chi connectivity index (χ2n) is 7.06. The van der Waals surface area contributed by atoms with E-state index >= 15 is 0 Å². The van der Waals surface area contributed by atoms with Crippen LogP contribution in [-0.4, -0.2) is 29.1 Å². The molecule has 0 saturated heterocycles. The highest BCUT2D eigenvalue weighted by atomic mass is 15.3. The number of hydrogen-bond donors (Lipinski definition) is 1. The van der Waals surface area contributed by atoms with Crippen LogP contribution in [0, 0.1) is 6.92 Å². The van der Waals surface area contributed by atoms with Gasteiger partial charge in [-0.25, -0.2) is 19.5 Å². The van der Waals surface area contributed by atoms with Crippen molar-refractivity contribution >= 4 is 22.6 Å². The van der Waals surface area contributed by atoms with Crippen molar-refractivity contribution in [2.75, 3.05) is 5.73 Å². The van der Waals surface area contributed by atoms with Crippen molar-refractivity contribution < 1.29 is 0 Å². The van der Waals surface area contributed by atoms with Crippen molar-refractivity contribution in [3.05, 3.63) is 36.5 Å². The summed E-state index contributed by atoms with van der Waals surface area (Å²) in [6.07, 6.45) is 11.9. The van der Waals surface area contributed by atoms with Crippen LogP contribution in [0.15, 0.2) is 30.7 Å². The summed E-state index contributed by atoms with van der Waals surface area (Å²) >= 11 is 0. The lowest BCUT2D eigenvalue weighted by Gasteiger charge is -2.24. The van der Waals surface area contributed by atoms with Crippen molar-refractivity contribution in [2.24, 2.45) is 0 Å². The molecule has 0 bridgehead atoms. The van der Waals surface area contributed by atoms with Gasteiger partial charge in [-0.05, 0) is 31.9 Å². The van der Waals surface area contributed by atoms with Crippen LogP contribution in [0.25, 0.3) is 27.8 Å². The maximum absolute atomic E-state index is 5.68. The maximum atomic E-state index is 5.68. The average Bonchev–Trinajstić information content (AvgIpc) is 3.21. The molecule has 0 atom stereocenters. The molecule has 0 aromatic carbocycles. The average molecular weight is 347 g/mol. The van der Waals surface area contributed by atoms with E-state index in [1.807, 2.05) is 18.5 Å². The van der Waals surface area contributed by atoms with Gasteiger partial charge < -0.3 is 10.3 Å². The minimum atomic E-state index is 0.263. The van der Waals surface area contributed by atoms with Crippen LogP contribution in [0.1, 0.15) is 44.0 Å². The smallest absolute Gasteiger partial charge is 0.238 e. The zero-order valence-electron chi connectivity index (χ0n) is 14.8. The molecule has 2 N–H and O–H groups in total. The zero-order valence-corrected chi connectivity index (χ0v) is 14.8. The van der Waals surface area contributed by atoms with Gasteiger partial charge in [0.25, 0.3) is 0 Å². The Morgan fingerprint density at radius 3 is 2.77 bits per heavy atom. The van der Waals surface area contributed by atoms with Gasteiger partial charge >= 0.3 is 0 Å². The van der Waals surface area contributed by atoms with E-state index in [9.17, 15) is 0 Å². The predicted molar refractivity (Wildman–Crippen MR) is 101 cm³/mol. The molecule has 4 heterocycles. The first-order chi connectivity index (χ1) is 12.7. The van der Waals surface area contributed by atoms with Crippen LogP contribution >= 0.6 is 0 Å². The summed E-state index contributed by atoms with van der Waals surface area (Å²) in [5.74, 6) is 1.31. The van der Waals surface area contributed by atoms with Gasteiger partial charge in [-0.1, -0.05) is 19.3 Å². The Balaban J connectivity index is 1.67. The number of aromatic nitrogens is 6. The molecule has 4 aromatic rings. The number of nitrogens with two attached hydrogens (primary N) is 1. The molecule has 4 aromatic heterocycles. The minimum absolute atomic E-state index is 0.263. The molecule has 7 heteroatoms. The van der Waals surface area contributed by atoms with E-state index in [1.165, 1.54) is 32.1 Å². The summed E-state index contributed by atoms with van der Waals surface area (Å²) in [6.45, 7) is 2.08. The van der Waals surface area contributed by atoms with E-state index in [-0.39, 0.29) is 5.95 Å². The second-order valence-corrected chi connectivity index (χ2v) is 7.06. The Labute approximate surface area is 150 Å². The lowest BCUT2D eigenvalue weighted by atomic mass is 9.95. The lowest BCUT2D eigenvalue weighted by molar-refractivity contribution is 0.355. The first-order valence-electron chi connectivity index (χ1n) is 9.15. The summed E-state index contributed by atoms with van der Waals surface area (Å²) < 4.78 is 4.14. The van der Waals surface area contributed by atoms with Crippen LogP contribution < -0.4 is 5.73 Å². The van der Waals surface area contributed by atoms with Gasteiger partial charge in [-0.2, -0.15) is 0 Å². The van der Waals surface area contributed by atoms with Gasteiger partial charge in [0, 0.05) is 29.6 Å². The summed E-state index contributed by atoms with van der Waals surface area (Å²) in [4.78, 5) is 13.5. The number of anilines is 1. The molecular weight excluding hydrogens is 326 g/mol. The first kappa shape index (κ1) is 15.3. The Morgan fingerprint density at radius 2 is 1.92 bits per heavy atom. The Bertz CT molecular complexity index is 1100. The molecule has 1 aliphatic carbocycles. The van der Waals surface area contributed by atoms with E-state index in [0.29, 0.717) is 6.04 Å². The molecule has 0 amide bonds. The molecule has 5 rings (SSSR count). The minimum Gasteiger partial charge on any atom is -0.367 e. The molecule has 132 valence electrons. The van der Waals surface area contributed by atoms with Crippen molar-refractivity contribution in [3.63, 3.8) is 0 Å². The number of fused-ring (bicyclic) bond motifs is 2. The van der Waals surface area contributed by atoms with E-state index in [0.717, 1.165) is 33.6 Å². The summed E-state index contributed by atoms with van der Waals surface area (Å²) in [7, 11) is 0. The number of nitrogen functional groups attached to an aromatic ring is 1. The molecule has 1 aliphatic rings. The quantitative estimate of drug-likeness (QED) is 0.599. The Morgan fingerprint density at radius 1 is 1.08 bits per heavy atom. The third kappa shape index (κ3) is 2.34. The molecule has 0 radical (unpaired) electrons. The van der Waals surface area contributed by atoms with Crippen LogP contribution in [0.4, 0.5) is 5.95 Å². The molecule has 1 saturated carbocycles. The fourth-order valence-electron chi connectivity index (χ4n) is 4.20. The number of rotatable bonds is 2. The van der Waals surface area contributed by atoms with E-state index < -0.39 is 0 Å². The number of imidazole rings is 1. The highest BCUT2D eigenvalue weighted by Crippen LogP contribution is 2.34. The van der Waals surface area contributed by atoms with E-state index in [2.05, 4.69) is 32.6 Å². The Hall–Kier alpha value is -2.96. The summed E-state index contributed by atoms with van der Waals surface area (Å²) in [5.41, 5.74) is 10.6. The second kappa shape index (κ2) is 5.79. The zero-order chi connectivity index (χ0) is 17.7. The van der Waals surface area contributed by atoms with Gasteiger partial charge in [0.05, 0.1) is 17.2 Å². The molecule has 0 aliphatic heterocycles. The van der Waals surface area contributed by atoms with Crippen LogP contribution in [0.3, 0.4) is 0 Å². The van der Waals surface area contributed by atoms with Gasteiger partial charge in [0.2, 0.25) is 5.95 Å². The van der Waals surface area contributed by atoms with Crippen LogP contribution in [-0.2, 0) is 0 Å². The molecule has 26 heavy (non-hydrogen) atoms. The normalized spacial score (nSPS) is 15.9. The Kier molecular flexibility index (Phi) is 3.41. The first-order valence-corrected chi connectivity index (χ1v) is 9.15. The van der Waals surface area contributed by atoms with Gasteiger partial charge in [0.15, 0.2) is 5.65 Å². The van der Waals surface area contributed by atoms with E-state index in [4.69, 9.17) is 10.7 Å².